The van der Waals surface area contributed by atoms with E-state index in [1.54, 1.807) is 4.90 Å². The number of halogens is 2. The highest BCUT2D eigenvalue weighted by Gasteiger charge is 2.32. The molecule has 0 aromatic heterocycles. The first-order valence-corrected chi connectivity index (χ1v) is 16.2. The van der Waals surface area contributed by atoms with Crippen molar-refractivity contribution in [1.82, 2.24) is 4.90 Å². The molecule has 0 spiro atoms. The van der Waals surface area contributed by atoms with E-state index in [2.05, 4.69) is 118 Å². The van der Waals surface area contributed by atoms with Gasteiger partial charge in [-0.3, -0.25) is 9.69 Å². The molecule has 39 heavy (non-hydrogen) atoms. The van der Waals surface area contributed by atoms with Crippen LogP contribution in [0.15, 0.2) is 70.6 Å². The molecule has 2 heterocycles. The van der Waals surface area contributed by atoms with Crippen molar-refractivity contribution in [1.29, 1.82) is 0 Å². The number of rotatable bonds is 7. The SMILES string of the molecule is CCN1C(=O)/C(=C/c2cc(I)c(OCc3ccc(C)cc3)c(I)c2)SC1=Nc1ccc(N2CCCCC2)cc1. The van der Waals surface area contributed by atoms with Crippen LogP contribution in [0.4, 0.5) is 11.4 Å². The Bertz CT molecular complexity index is 1380. The molecule has 2 aliphatic heterocycles. The Labute approximate surface area is 262 Å². The molecule has 5 rings (SSSR count). The van der Waals surface area contributed by atoms with Gasteiger partial charge in [-0.25, -0.2) is 4.99 Å². The van der Waals surface area contributed by atoms with Crippen molar-refractivity contribution in [2.75, 3.05) is 24.5 Å². The Kier molecular flexibility index (Phi) is 9.55. The number of anilines is 1. The number of ether oxygens (including phenoxy) is 1. The van der Waals surface area contributed by atoms with Crippen molar-refractivity contribution >= 4 is 85.5 Å². The number of carbonyl (C=O) groups is 1. The van der Waals surface area contributed by atoms with Crippen molar-refractivity contribution in [3.63, 3.8) is 0 Å². The van der Waals surface area contributed by atoms with Crippen LogP contribution in [0.25, 0.3) is 6.08 Å². The van der Waals surface area contributed by atoms with Gasteiger partial charge in [-0.2, -0.15) is 0 Å². The zero-order valence-corrected chi connectivity index (χ0v) is 27.3. The highest BCUT2D eigenvalue weighted by Crippen LogP contribution is 2.36. The average Bonchev–Trinajstić information content (AvgIpc) is 3.23. The molecule has 0 unspecified atom stereocenters. The monoisotopic (exact) mass is 763 g/mol. The van der Waals surface area contributed by atoms with E-state index in [4.69, 9.17) is 9.73 Å². The second kappa shape index (κ2) is 13.1. The summed E-state index contributed by atoms with van der Waals surface area (Å²) in [6, 6.07) is 20.9. The van der Waals surface area contributed by atoms with E-state index >= 15 is 0 Å². The van der Waals surface area contributed by atoms with Crippen LogP contribution in [0.3, 0.4) is 0 Å². The molecule has 0 saturated carbocycles. The summed E-state index contributed by atoms with van der Waals surface area (Å²) in [4.78, 5) is 23.0. The van der Waals surface area contributed by atoms with Crippen molar-refractivity contribution in [2.24, 2.45) is 4.99 Å². The molecule has 1 amide bonds. The third-order valence-corrected chi connectivity index (χ3v) is 9.43. The molecule has 0 aliphatic carbocycles. The first kappa shape index (κ1) is 28.5. The van der Waals surface area contributed by atoms with Crippen LogP contribution >= 0.6 is 56.9 Å². The number of hydrogen-bond acceptors (Lipinski definition) is 5. The Balaban J connectivity index is 1.31. The zero-order chi connectivity index (χ0) is 27.4. The van der Waals surface area contributed by atoms with Crippen LogP contribution in [0.2, 0.25) is 0 Å². The van der Waals surface area contributed by atoms with Gasteiger partial charge in [0.15, 0.2) is 5.17 Å². The molecule has 0 atom stereocenters. The van der Waals surface area contributed by atoms with Crippen molar-refractivity contribution in [3.8, 4) is 5.75 Å². The number of likely N-dealkylation sites (N-methyl/N-ethyl adjacent to an activating group) is 1. The Morgan fingerprint density at radius 1 is 0.974 bits per heavy atom. The maximum Gasteiger partial charge on any atom is 0.266 e. The number of amides is 1. The summed E-state index contributed by atoms with van der Waals surface area (Å²) in [5.74, 6) is 0.866. The lowest BCUT2D eigenvalue weighted by Crippen LogP contribution is -2.29. The highest BCUT2D eigenvalue weighted by atomic mass is 127. The maximum atomic E-state index is 13.2. The summed E-state index contributed by atoms with van der Waals surface area (Å²) in [6.07, 6.45) is 5.79. The highest BCUT2D eigenvalue weighted by molar-refractivity contribution is 14.1. The van der Waals surface area contributed by atoms with Crippen molar-refractivity contribution in [3.05, 3.63) is 89.4 Å². The molecule has 202 valence electrons. The van der Waals surface area contributed by atoms with E-state index in [-0.39, 0.29) is 5.91 Å². The molecular weight excluding hydrogens is 732 g/mol. The standard InChI is InChI=1S/C31H31I2N3O2S/c1-3-36-30(37)28(39-31(36)34-24-11-13-25(14-12-24)35-15-5-4-6-16-35)19-23-17-26(32)29(27(33)18-23)38-20-22-9-7-21(2)8-10-22/h7-14,17-19H,3-6,15-16,20H2,1-2H3/b28-19-,34-31?. The van der Waals surface area contributed by atoms with Gasteiger partial charge in [0.25, 0.3) is 5.91 Å². The second-order valence-electron chi connectivity index (χ2n) is 9.71. The number of piperidine rings is 1. The predicted octanol–water partition coefficient (Wildman–Crippen LogP) is 8.40. The number of amidine groups is 1. The number of hydrogen-bond donors (Lipinski definition) is 0. The molecule has 0 bridgehead atoms. The lowest BCUT2D eigenvalue weighted by molar-refractivity contribution is -0.122. The van der Waals surface area contributed by atoms with Crippen LogP contribution in [0.1, 0.15) is 42.9 Å². The van der Waals surface area contributed by atoms with E-state index in [1.165, 1.54) is 42.3 Å². The third-order valence-electron chi connectivity index (χ3n) is 6.82. The minimum absolute atomic E-state index is 0.00380. The summed E-state index contributed by atoms with van der Waals surface area (Å²) in [7, 11) is 0. The summed E-state index contributed by atoms with van der Waals surface area (Å²) >= 11 is 6.06. The number of nitrogens with zero attached hydrogens (tertiary/aromatic N) is 3. The fourth-order valence-corrected chi connectivity index (χ4v) is 7.85. The molecule has 2 fully saturated rings. The largest absolute Gasteiger partial charge is 0.487 e. The smallest absolute Gasteiger partial charge is 0.266 e. The van der Waals surface area contributed by atoms with E-state index in [1.807, 2.05) is 13.0 Å². The van der Waals surface area contributed by atoms with Crippen LogP contribution in [-0.4, -0.2) is 35.6 Å². The summed E-state index contributed by atoms with van der Waals surface area (Å²) < 4.78 is 8.20. The minimum Gasteiger partial charge on any atom is -0.487 e. The molecule has 2 saturated heterocycles. The van der Waals surface area contributed by atoms with E-state index < -0.39 is 0 Å². The third kappa shape index (κ3) is 7.00. The van der Waals surface area contributed by atoms with Gasteiger partial charge in [0.2, 0.25) is 0 Å². The van der Waals surface area contributed by atoms with Crippen molar-refractivity contribution in [2.45, 2.75) is 39.7 Å². The summed E-state index contributed by atoms with van der Waals surface area (Å²) in [5, 5.41) is 0.724. The second-order valence-corrected chi connectivity index (χ2v) is 13.0. The molecule has 5 nitrogen and oxygen atoms in total. The van der Waals surface area contributed by atoms with Gasteiger partial charge in [-0.05, 0) is 144 Å². The predicted molar refractivity (Wildman–Crippen MR) is 180 cm³/mol. The number of thioether (sulfide) groups is 1. The molecule has 0 N–H and O–H groups in total. The fraction of sp³-hybridized carbons (Fsp3) is 0.290. The van der Waals surface area contributed by atoms with Gasteiger partial charge in [-0.1, -0.05) is 29.8 Å². The number of aliphatic imine (C=N–C) groups is 1. The normalized spacial score (nSPS) is 17.9. The van der Waals surface area contributed by atoms with Gasteiger partial charge in [0.1, 0.15) is 12.4 Å². The molecule has 8 heteroatoms. The van der Waals surface area contributed by atoms with Crippen LogP contribution in [0.5, 0.6) is 5.75 Å². The van der Waals surface area contributed by atoms with Gasteiger partial charge in [-0.15, -0.1) is 0 Å². The Hall–Kier alpha value is -2.05. The Morgan fingerprint density at radius 3 is 2.28 bits per heavy atom. The zero-order valence-electron chi connectivity index (χ0n) is 22.1. The molecule has 3 aromatic rings. The lowest BCUT2D eigenvalue weighted by atomic mass is 10.1. The van der Waals surface area contributed by atoms with Gasteiger partial charge in [0, 0.05) is 25.3 Å². The molecular formula is C31H31I2N3O2S. The van der Waals surface area contributed by atoms with Gasteiger partial charge in [0.05, 0.1) is 17.7 Å². The maximum absolute atomic E-state index is 13.2. The molecule has 3 aromatic carbocycles. The number of benzene rings is 3. The first-order chi connectivity index (χ1) is 18.9. The van der Waals surface area contributed by atoms with Crippen molar-refractivity contribution < 1.29 is 9.53 Å². The van der Waals surface area contributed by atoms with Crippen LogP contribution in [-0.2, 0) is 11.4 Å². The number of carbonyl (C=O) groups excluding carboxylic acids is 1. The van der Waals surface area contributed by atoms with Gasteiger partial charge < -0.3 is 9.64 Å². The van der Waals surface area contributed by atoms with Crippen LogP contribution < -0.4 is 9.64 Å². The van der Waals surface area contributed by atoms with Crippen LogP contribution in [0, 0.1) is 14.1 Å². The fourth-order valence-electron chi connectivity index (χ4n) is 4.66. The minimum atomic E-state index is -0.00380. The van der Waals surface area contributed by atoms with Gasteiger partial charge >= 0.3 is 0 Å². The Morgan fingerprint density at radius 2 is 1.64 bits per heavy atom. The number of aryl methyl sites for hydroxylation is 1. The van der Waals surface area contributed by atoms with E-state index in [0.29, 0.717) is 18.1 Å². The molecule has 0 radical (unpaired) electrons. The average molecular weight is 763 g/mol. The lowest BCUT2D eigenvalue weighted by Gasteiger charge is -2.28. The quantitative estimate of drug-likeness (QED) is 0.179. The molecule has 2 aliphatic rings. The first-order valence-electron chi connectivity index (χ1n) is 13.2. The van der Waals surface area contributed by atoms with E-state index in [0.717, 1.165) is 48.0 Å². The summed E-state index contributed by atoms with van der Waals surface area (Å²) in [6.45, 7) is 7.41. The summed E-state index contributed by atoms with van der Waals surface area (Å²) in [5.41, 5.74) is 5.46. The topological polar surface area (TPSA) is 45.1 Å². The van der Waals surface area contributed by atoms with E-state index in [9.17, 15) is 4.79 Å².